The molecule has 0 unspecified atom stereocenters. The van der Waals surface area contributed by atoms with E-state index in [-0.39, 0.29) is 30.9 Å². The highest BCUT2D eigenvalue weighted by Crippen LogP contribution is 2.19. The molecule has 2 aliphatic rings. The van der Waals surface area contributed by atoms with E-state index in [1.807, 2.05) is 36.1 Å². The van der Waals surface area contributed by atoms with Crippen molar-refractivity contribution in [1.82, 2.24) is 15.1 Å². The quantitative estimate of drug-likeness (QED) is 0.591. The monoisotopic (exact) mass is 403 g/mol. The van der Waals surface area contributed by atoms with Gasteiger partial charge in [0, 0.05) is 37.6 Å². The van der Waals surface area contributed by atoms with Crippen LogP contribution in [-0.2, 0) is 14.3 Å². The lowest BCUT2D eigenvalue weighted by Gasteiger charge is -2.29. The highest BCUT2D eigenvalue weighted by atomic mass is 16.5. The van der Waals surface area contributed by atoms with Crippen molar-refractivity contribution in [3.05, 3.63) is 24.3 Å². The molecule has 0 saturated carbocycles. The van der Waals surface area contributed by atoms with E-state index in [9.17, 15) is 14.4 Å². The average Bonchev–Trinajstić information content (AvgIpc) is 3.06. The van der Waals surface area contributed by atoms with Crippen LogP contribution in [0.15, 0.2) is 24.3 Å². The highest BCUT2D eigenvalue weighted by molar-refractivity contribution is 6.01. The van der Waals surface area contributed by atoms with Crippen molar-refractivity contribution in [1.29, 1.82) is 0 Å². The molecule has 158 valence electrons. The Morgan fingerprint density at radius 2 is 1.93 bits per heavy atom. The van der Waals surface area contributed by atoms with Crippen molar-refractivity contribution in [2.45, 2.75) is 13.3 Å². The summed E-state index contributed by atoms with van der Waals surface area (Å²) in [4.78, 5) is 41.0. The smallest absolute Gasteiger partial charge is 0.324 e. The second-order valence-electron chi connectivity index (χ2n) is 7.12. The van der Waals surface area contributed by atoms with Gasteiger partial charge in [0.05, 0.1) is 26.3 Å². The van der Waals surface area contributed by atoms with E-state index >= 15 is 0 Å². The predicted molar refractivity (Wildman–Crippen MR) is 110 cm³/mol. The number of morpholine rings is 1. The molecule has 2 fully saturated rings. The van der Waals surface area contributed by atoms with Gasteiger partial charge in [0.2, 0.25) is 11.8 Å². The number of amides is 4. The van der Waals surface area contributed by atoms with E-state index in [2.05, 4.69) is 15.5 Å². The molecule has 2 aliphatic heterocycles. The van der Waals surface area contributed by atoms with Crippen molar-refractivity contribution < 1.29 is 19.1 Å². The largest absolute Gasteiger partial charge is 0.378 e. The summed E-state index contributed by atoms with van der Waals surface area (Å²) >= 11 is 0. The Morgan fingerprint density at radius 3 is 2.55 bits per heavy atom. The predicted octanol–water partition coefficient (Wildman–Crippen LogP) is 0.726. The van der Waals surface area contributed by atoms with Gasteiger partial charge in [-0.25, -0.2) is 4.79 Å². The molecule has 29 heavy (non-hydrogen) atoms. The number of imide groups is 1. The molecule has 2 saturated heterocycles. The summed E-state index contributed by atoms with van der Waals surface area (Å²) in [5.41, 5.74) is 1.89. The Morgan fingerprint density at radius 1 is 1.21 bits per heavy atom. The van der Waals surface area contributed by atoms with Crippen LogP contribution in [0.2, 0.25) is 0 Å². The van der Waals surface area contributed by atoms with Crippen LogP contribution in [0.4, 0.5) is 16.2 Å². The molecule has 0 radical (unpaired) electrons. The number of urea groups is 1. The third-order valence-electron chi connectivity index (χ3n) is 5.13. The maximum atomic E-state index is 12.4. The summed E-state index contributed by atoms with van der Waals surface area (Å²) in [6.45, 7) is 7.27. The van der Waals surface area contributed by atoms with Crippen molar-refractivity contribution >= 4 is 29.2 Å². The first-order valence-corrected chi connectivity index (χ1v) is 10.1. The number of rotatable bonds is 9. The minimum Gasteiger partial charge on any atom is -0.378 e. The zero-order valence-corrected chi connectivity index (χ0v) is 16.9. The lowest BCUT2D eigenvalue weighted by Crippen LogP contribution is -2.37. The molecule has 2 N–H and O–H groups in total. The summed E-state index contributed by atoms with van der Waals surface area (Å²) in [5, 5.41) is 5.44. The van der Waals surface area contributed by atoms with E-state index < -0.39 is 0 Å². The van der Waals surface area contributed by atoms with Crippen LogP contribution in [-0.4, -0.2) is 86.7 Å². The van der Waals surface area contributed by atoms with E-state index in [4.69, 9.17) is 4.74 Å². The van der Waals surface area contributed by atoms with Crippen LogP contribution in [0, 0.1) is 0 Å². The number of nitrogens with one attached hydrogen (secondary N) is 2. The van der Waals surface area contributed by atoms with Crippen LogP contribution in [0.25, 0.3) is 0 Å². The molecule has 0 spiro atoms. The summed E-state index contributed by atoms with van der Waals surface area (Å²) in [7, 11) is 0. The van der Waals surface area contributed by atoms with Crippen LogP contribution >= 0.6 is 0 Å². The first-order chi connectivity index (χ1) is 14.1. The zero-order chi connectivity index (χ0) is 20.6. The summed E-state index contributed by atoms with van der Waals surface area (Å²) in [6, 6.07) is 7.51. The van der Waals surface area contributed by atoms with Crippen LogP contribution in [0.1, 0.15) is 13.3 Å². The number of likely N-dealkylation sites (N-methyl/N-ethyl adjacent to an activating group) is 1. The normalized spacial score (nSPS) is 17.0. The molecule has 9 nitrogen and oxygen atoms in total. The zero-order valence-electron chi connectivity index (χ0n) is 16.9. The Kier molecular flexibility index (Phi) is 7.42. The van der Waals surface area contributed by atoms with Gasteiger partial charge in [-0.05, 0) is 37.2 Å². The number of carbonyl (C=O) groups is 3. The van der Waals surface area contributed by atoms with Gasteiger partial charge < -0.3 is 20.3 Å². The van der Waals surface area contributed by atoms with E-state index in [1.165, 1.54) is 4.90 Å². The summed E-state index contributed by atoms with van der Waals surface area (Å²) in [6.07, 6.45) is 0.633. The van der Waals surface area contributed by atoms with E-state index in [0.29, 0.717) is 26.1 Å². The topological polar surface area (TPSA) is 94.2 Å². The van der Waals surface area contributed by atoms with Crippen molar-refractivity contribution in [2.75, 3.05) is 69.2 Å². The fraction of sp³-hybridized carbons (Fsp3) is 0.550. The van der Waals surface area contributed by atoms with Gasteiger partial charge in [0.15, 0.2) is 0 Å². The summed E-state index contributed by atoms with van der Waals surface area (Å²) < 4.78 is 5.37. The number of hydrogen-bond acceptors (Lipinski definition) is 6. The number of ether oxygens (including phenoxy) is 1. The molecule has 1 aromatic rings. The fourth-order valence-electron chi connectivity index (χ4n) is 3.46. The molecule has 1 aromatic carbocycles. The van der Waals surface area contributed by atoms with Gasteiger partial charge in [-0.2, -0.15) is 0 Å². The summed E-state index contributed by atoms with van der Waals surface area (Å²) in [5.74, 6) is -0.280. The second-order valence-corrected chi connectivity index (χ2v) is 7.12. The number of benzene rings is 1. The van der Waals surface area contributed by atoms with Gasteiger partial charge >= 0.3 is 6.03 Å². The maximum absolute atomic E-state index is 12.4. The van der Waals surface area contributed by atoms with Crippen LogP contribution in [0.5, 0.6) is 0 Å². The molecular formula is C20H29N5O4. The van der Waals surface area contributed by atoms with Crippen molar-refractivity contribution in [3.8, 4) is 0 Å². The lowest BCUT2D eigenvalue weighted by atomic mass is 10.2. The van der Waals surface area contributed by atoms with Gasteiger partial charge in [-0.15, -0.1) is 0 Å². The number of carbonyl (C=O) groups excluding carboxylic acids is 3. The third kappa shape index (κ3) is 5.91. The number of hydrogen-bond donors (Lipinski definition) is 2. The minimum absolute atomic E-state index is 0.0725. The van der Waals surface area contributed by atoms with Crippen molar-refractivity contribution in [2.24, 2.45) is 0 Å². The first kappa shape index (κ1) is 21.1. The molecule has 3 rings (SSSR count). The van der Waals surface area contributed by atoms with Crippen LogP contribution in [0.3, 0.4) is 0 Å². The first-order valence-electron chi connectivity index (χ1n) is 10.1. The third-order valence-corrected chi connectivity index (χ3v) is 5.13. The lowest BCUT2D eigenvalue weighted by molar-refractivity contribution is -0.125. The Balaban J connectivity index is 1.42. The van der Waals surface area contributed by atoms with Gasteiger partial charge in [-0.1, -0.05) is 6.92 Å². The van der Waals surface area contributed by atoms with Gasteiger partial charge in [0.25, 0.3) is 0 Å². The molecule has 2 heterocycles. The number of anilines is 2. The highest BCUT2D eigenvalue weighted by Gasteiger charge is 2.27. The molecule has 9 heteroatoms. The molecule has 0 atom stereocenters. The Bertz CT molecular complexity index is 702. The van der Waals surface area contributed by atoms with Gasteiger partial charge in [0.1, 0.15) is 0 Å². The van der Waals surface area contributed by atoms with Crippen molar-refractivity contribution in [3.63, 3.8) is 0 Å². The van der Waals surface area contributed by atoms with Gasteiger partial charge in [-0.3, -0.25) is 19.4 Å². The maximum Gasteiger partial charge on any atom is 0.324 e. The Labute approximate surface area is 171 Å². The second kappa shape index (κ2) is 10.2. The standard InChI is InChI=1S/C20H29N5O4/c1-2-23(8-3-9-25-19(27)14-21-20(25)28)15-18(26)22-16-4-6-17(7-5-16)24-10-12-29-13-11-24/h4-7H,2-3,8-15H2,1H3,(H,21,28)(H,22,26). The van der Waals surface area contributed by atoms with E-state index in [1.54, 1.807) is 0 Å². The Hall–Kier alpha value is -2.65. The average molecular weight is 403 g/mol. The molecule has 0 aromatic heterocycles. The van der Waals surface area contributed by atoms with E-state index in [0.717, 1.165) is 37.7 Å². The fourth-order valence-corrected chi connectivity index (χ4v) is 3.46. The minimum atomic E-state index is -0.337. The molecule has 0 bridgehead atoms. The molecular weight excluding hydrogens is 374 g/mol. The molecule has 4 amide bonds. The van der Waals surface area contributed by atoms with Crippen LogP contribution < -0.4 is 15.5 Å². The SMILES string of the molecule is CCN(CCCN1C(=O)CNC1=O)CC(=O)Nc1ccc(N2CCOCC2)cc1. The number of nitrogens with zero attached hydrogens (tertiary/aromatic N) is 3. The molecule has 0 aliphatic carbocycles.